The van der Waals surface area contributed by atoms with Crippen molar-refractivity contribution >= 4 is 23.6 Å². The second-order valence-electron chi connectivity index (χ2n) is 4.53. The van der Waals surface area contributed by atoms with Gasteiger partial charge in [-0.1, -0.05) is 17.5 Å². The molecular formula is C15H10ClF3O3. The van der Waals surface area contributed by atoms with Crippen LogP contribution in [0.1, 0.15) is 18.1 Å². The number of hydrogen-bond donors (Lipinski definition) is 1. The van der Waals surface area contributed by atoms with Crippen LogP contribution < -0.4 is 4.74 Å². The van der Waals surface area contributed by atoms with Crippen LogP contribution in [0.25, 0.3) is 6.08 Å². The van der Waals surface area contributed by atoms with E-state index in [4.69, 9.17) is 21.4 Å². The minimum Gasteiger partial charge on any atom is -0.478 e. The lowest BCUT2D eigenvalue weighted by Crippen LogP contribution is -2.40. The number of halogens is 4. The smallest absolute Gasteiger partial charge is 0.430 e. The number of aliphatic carboxylic acids is 1. The Labute approximate surface area is 129 Å². The molecule has 1 aliphatic rings. The van der Waals surface area contributed by atoms with Crippen LogP contribution in [0.3, 0.4) is 0 Å². The zero-order chi connectivity index (χ0) is 16.5. The quantitative estimate of drug-likeness (QED) is 0.841. The SMILES string of the molecule is CC#CCc1cc(Cl)cc2c1O[C@H](C(F)(F)F)C(C(=O)O)=C2. The predicted octanol–water partition coefficient (Wildman–Crippen LogP) is 3.70. The lowest BCUT2D eigenvalue weighted by molar-refractivity contribution is -0.187. The normalized spacial score (nSPS) is 16.8. The van der Waals surface area contributed by atoms with Crippen LogP contribution in [0.4, 0.5) is 13.2 Å². The number of carboxylic acids is 1. The van der Waals surface area contributed by atoms with E-state index in [1.165, 1.54) is 12.1 Å². The van der Waals surface area contributed by atoms with Gasteiger partial charge < -0.3 is 9.84 Å². The molecule has 0 amide bonds. The van der Waals surface area contributed by atoms with Crippen LogP contribution in [0.15, 0.2) is 17.7 Å². The van der Waals surface area contributed by atoms with Crippen molar-refractivity contribution < 1.29 is 27.8 Å². The van der Waals surface area contributed by atoms with E-state index in [1.54, 1.807) is 6.92 Å². The fraction of sp³-hybridized carbons (Fsp3) is 0.267. The maximum Gasteiger partial charge on any atom is 0.430 e. The topological polar surface area (TPSA) is 46.5 Å². The van der Waals surface area contributed by atoms with Gasteiger partial charge in [0.15, 0.2) is 0 Å². The first-order chi connectivity index (χ1) is 10.2. The third-order valence-corrected chi connectivity index (χ3v) is 3.21. The molecule has 1 heterocycles. The number of ether oxygens (including phenoxy) is 1. The molecule has 1 aliphatic heterocycles. The summed E-state index contributed by atoms with van der Waals surface area (Å²) in [4.78, 5) is 11.1. The van der Waals surface area contributed by atoms with Crippen LogP contribution in [0.5, 0.6) is 5.75 Å². The summed E-state index contributed by atoms with van der Waals surface area (Å²) in [6.45, 7) is 1.60. The third kappa shape index (κ3) is 3.20. The van der Waals surface area contributed by atoms with E-state index in [9.17, 15) is 18.0 Å². The molecule has 1 N–H and O–H groups in total. The highest BCUT2D eigenvalue weighted by Crippen LogP contribution is 2.40. The Morgan fingerprint density at radius 2 is 2.14 bits per heavy atom. The lowest BCUT2D eigenvalue weighted by atomic mass is 9.98. The zero-order valence-electron chi connectivity index (χ0n) is 11.3. The van der Waals surface area contributed by atoms with E-state index in [1.807, 2.05) is 0 Å². The molecule has 1 aromatic carbocycles. The summed E-state index contributed by atoms with van der Waals surface area (Å²) in [5, 5.41) is 9.24. The van der Waals surface area contributed by atoms with Gasteiger partial charge in [0, 0.05) is 22.6 Å². The van der Waals surface area contributed by atoms with Crippen LogP contribution in [0, 0.1) is 11.8 Å². The molecule has 0 fully saturated rings. The monoisotopic (exact) mass is 330 g/mol. The fourth-order valence-electron chi connectivity index (χ4n) is 2.08. The highest BCUT2D eigenvalue weighted by molar-refractivity contribution is 6.30. The Balaban J connectivity index is 2.61. The molecule has 0 spiro atoms. The fourth-order valence-corrected chi connectivity index (χ4v) is 2.33. The molecule has 0 unspecified atom stereocenters. The minimum atomic E-state index is -4.84. The second kappa shape index (κ2) is 5.93. The van der Waals surface area contributed by atoms with Crippen LogP contribution in [-0.4, -0.2) is 23.4 Å². The van der Waals surface area contributed by atoms with Crippen molar-refractivity contribution in [1.82, 2.24) is 0 Å². The van der Waals surface area contributed by atoms with E-state index in [0.717, 1.165) is 6.08 Å². The number of fused-ring (bicyclic) bond motifs is 1. The second-order valence-corrected chi connectivity index (χ2v) is 4.97. The van der Waals surface area contributed by atoms with Crippen molar-refractivity contribution in [3.63, 3.8) is 0 Å². The summed E-state index contributed by atoms with van der Waals surface area (Å²) in [6, 6.07) is 2.81. The summed E-state index contributed by atoms with van der Waals surface area (Å²) >= 11 is 5.91. The van der Waals surface area contributed by atoms with E-state index >= 15 is 0 Å². The molecule has 22 heavy (non-hydrogen) atoms. The summed E-state index contributed by atoms with van der Waals surface area (Å²) < 4.78 is 44.0. The Bertz CT molecular complexity index is 711. The largest absolute Gasteiger partial charge is 0.478 e. The van der Waals surface area contributed by atoms with Gasteiger partial charge in [-0.15, -0.1) is 5.92 Å². The van der Waals surface area contributed by atoms with E-state index in [0.29, 0.717) is 5.56 Å². The minimum absolute atomic E-state index is 0.0422. The highest BCUT2D eigenvalue weighted by Gasteiger charge is 2.48. The van der Waals surface area contributed by atoms with Gasteiger partial charge in [-0.25, -0.2) is 4.79 Å². The molecule has 0 bridgehead atoms. The number of benzene rings is 1. The standard InChI is InChI=1S/C15H10ClF3O3/c1-2-3-4-8-5-10(16)6-9-7-11(14(20)21)13(15(17,18)19)22-12(8)9/h5-7,13H,4H2,1H3,(H,20,21)/t13-/m0/s1. The van der Waals surface area contributed by atoms with Gasteiger partial charge in [0.2, 0.25) is 6.10 Å². The molecule has 0 aromatic heterocycles. The summed E-state index contributed by atoms with van der Waals surface area (Å²) in [5.74, 6) is 3.62. The number of rotatable bonds is 2. The first kappa shape index (κ1) is 16.2. The van der Waals surface area contributed by atoms with Crippen molar-refractivity contribution in [1.29, 1.82) is 0 Å². The molecule has 3 nitrogen and oxygen atoms in total. The number of carboxylic acid groups (broad SMARTS) is 1. The molecule has 0 saturated heterocycles. The van der Waals surface area contributed by atoms with Crippen LogP contribution >= 0.6 is 11.6 Å². The average molecular weight is 331 g/mol. The molecule has 0 aliphatic carbocycles. The maximum absolute atomic E-state index is 13.0. The Morgan fingerprint density at radius 1 is 1.45 bits per heavy atom. The van der Waals surface area contributed by atoms with Crippen molar-refractivity contribution in [3.8, 4) is 17.6 Å². The Kier molecular flexibility index (Phi) is 4.38. The van der Waals surface area contributed by atoms with Gasteiger partial charge in [-0.2, -0.15) is 13.2 Å². The number of alkyl halides is 3. The number of carbonyl (C=O) groups is 1. The lowest BCUT2D eigenvalue weighted by Gasteiger charge is -2.28. The summed E-state index contributed by atoms with van der Waals surface area (Å²) in [7, 11) is 0. The predicted molar refractivity (Wildman–Crippen MR) is 74.7 cm³/mol. The average Bonchev–Trinajstić information content (AvgIpc) is 2.42. The molecule has 0 radical (unpaired) electrons. The summed E-state index contributed by atoms with van der Waals surface area (Å²) in [5.41, 5.74) is -0.306. The number of hydrogen-bond acceptors (Lipinski definition) is 2. The Morgan fingerprint density at radius 3 is 2.68 bits per heavy atom. The van der Waals surface area contributed by atoms with E-state index < -0.39 is 23.8 Å². The first-order valence-corrected chi connectivity index (χ1v) is 6.52. The van der Waals surface area contributed by atoms with Crippen molar-refractivity contribution in [3.05, 3.63) is 33.9 Å². The van der Waals surface area contributed by atoms with Gasteiger partial charge in [-0.05, 0) is 25.1 Å². The van der Waals surface area contributed by atoms with Gasteiger partial charge in [-0.3, -0.25) is 0 Å². The zero-order valence-corrected chi connectivity index (χ0v) is 12.0. The van der Waals surface area contributed by atoms with Gasteiger partial charge >= 0.3 is 12.1 Å². The maximum atomic E-state index is 13.0. The van der Waals surface area contributed by atoms with Crippen molar-refractivity contribution in [2.75, 3.05) is 0 Å². The van der Waals surface area contributed by atoms with Gasteiger partial charge in [0.05, 0.1) is 5.57 Å². The van der Waals surface area contributed by atoms with Crippen LogP contribution in [0.2, 0.25) is 5.02 Å². The molecular weight excluding hydrogens is 321 g/mol. The van der Waals surface area contributed by atoms with E-state index in [-0.39, 0.29) is 22.8 Å². The van der Waals surface area contributed by atoms with E-state index in [2.05, 4.69) is 11.8 Å². The van der Waals surface area contributed by atoms with Crippen molar-refractivity contribution in [2.24, 2.45) is 0 Å². The van der Waals surface area contributed by atoms with Gasteiger partial charge in [0.25, 0.3) is 0 Å². The van der Waals surface area contributed by atoms with Gasteiger partial charge in [0.1, 0.15) is 5.75 Å². The molecule has 0 saturated carbocycles. The van der Waals surface area contributed by atoms with Crippen LogP contribution in [-0.2, 0) is 11.2 Å². The molecule has 2 rings (SSSR count). The third-order valence-electron chi connectivity index (χ3n) is 2.99. The van der Waals surface area contributed by atoms with Crippen molar-refractivity contribution in [2.45, 2.75) is 25.6 Å². The Hall–Kier alpha value is -2.13. The molecule has 7 heteroatoms. The highest BCUT2D eigenvalue weighted by atomic mass is 35.5. The molecule has 1 atom stereocenters. The first-order valence-electron chi connectivity index (χ1n) is 6.14. The summed E-state index contributed by atoms with van der Waals surface area (Å²) in [6.07, 6.45) is -6.27. The molecule has 116 valence electrons. The molecule has 1 aromatic rings.